The molecule has 2 rings (SSSR count). The van der Waals surface area contributed by atoms with E-state index in [2.05, 4.69) is 18.7 Å². The molecule has 82 valence electrons. The van der Waals surface area contributed by atoms with Crippen molar-refractivity contribution in [2.24, 2.45) is 0 Å². The van der Waals surface area contributed by atoms with Crippen molar-refractivity contribution < 1.29 is 9.47 Å². The molecular weight excluding hydrogens is 178 g/mol. The molecule has 2 fully saturated rings. The summed E-state index contributed by atoms with van der Waals surface area (Å²) in [5, 5.41) is 0. The molecule has 0 aromatic carbocycles. The van der Waals surface area contributed by atoms with E-state index in [1.54, 1.807) is 0 Å². The summed E-state index contributed by atoms with van der Waals surface area (Å²) in [5.74, 6) is 0. The maximum absolute atomic E-state index is 5.78. The molecule has 2 aliphatic heterocycles. The molecule has 0 aliphatic carbocycles. The largest absolute Gasteiger partial charge is 0.375 e. The van der Waals surface area contributed by atoms with Crippen LogP contribution in [-0.2, 0) is 9.47 Å². The van der Waals surface area contributed by atoms with Crippen LogP contribution in [0.4, 0.5) is 0 Å². The van der Waals surface area contributed by atoms with Gasteiger partial charge in [0.15, 0.2) is 0 Å². The summed E-state index contributed by atoms with van der Waals surface area (Å²) >= 11 is 0. The van der Waals surface area contributed by atoms with Crippen molar-refractivity contribution >= 4 is 0 Å². The molecule has 2 heterocycles. The first-order valence-electron chi connectivity index (χ1n) is 5.74. The third kappa shape index (κ3) is 2.27. The van der Waals surface area contributed by atoms with Crippen molar-refractivity contribution in [2.45, 2.75) is 44.9 Å². The Hall–Kier alpha value is -0.120. The second kappa shape index (κ2) is 4.60. The summed E-state index contributed by atoms with van der Waals surface area (Å²) in [7, 11) is 0. The molecule has 2 saturated heterocycles. The second-order valence-electron chi connectivity index (χ2n) is 4.55. The average Bonchev–Trinajstić information content (AvgIpc) is 2.71. The highest BCUT2D eigenvalue weighted by atomic mass is 16.5. The minimum atomic E-state index is 0.314. The zero-order chi connectivity index (χ0) is 9.97. The van der Waals surface area contributed by atoms with E-state index in [1.807, 2.05) is 0 Å². The smallest absolute Gasteiger partial charge is 0.0963 e. The third-order valence-electron chi connectivity index (χ3n) is 3.23. The topological polar surface area (TPSA) is 21.7 Å². The van der Waals surface area contributed by atoms with Gasteiger partial charge < -0.3 is 9.47 Å². The number of hydrogen-bond acceptors (Lipinski definition) is 3. The Morgan fingerprint density at radius 2 is 1.93 bits per heavy atom. The van der Waals surface area contributed by atoms with E-state index in [1.165, 1.54) is 12.8 Å². The molecule has 0 aromatic rings. The molecule has 0 N–H and O–H groups in total. The number of nitrogens with zero attached hydrogens (tertiary/aromatic N) is 1. The highest BCUT2D eigenvalue weighted by molar-refractivity contribution is 4.82. The fourth-order valence-corrected chi connectivity index (χ4v) is 2.29. The standard InChI is InChI=1S/C11H21NO2/c1-9(2)12-5-7-14-11(8-12)10-4-3-6-13-10/h9-11H,3-8H2,1-2H3/t10-,11-/m1/s1. The molecule has 0 bridgehead atoms. The normalized spacial score (nSPS) is 35.4. The van der Waals surface area contributed by atoms with E-state index >= 15 is 0 Å². The number of morpholine rings is 1. The molecular formula is C11H21NO2. The van der Waals surface area contributed by atoms with E-state index < -0.39 is 0 Å². The Balaban J connectivity index is 1.86. The molecule has 3 nitrogen and oxygen atoms in total. The third-order valence-corrected chi connectivity index (χ3v) is 3.23. The van der Waals surface area contributed by atoms with Gasteiger partial charge in [0.1, 0.15) is 0 Å². The van der Waals surface area contributed by atoms with Gasteiger partial charge in [-0.2, -0.15) is 0 Å². The van der Waals surface area contributed by atoms with Crippen LogP contribution in [-0.4, -0.2) is 49.5 Å². The summed E-state index contributed by atoms with van der Waals surface area (Å²) in [5.41, 5.74) is 0. The molecule has 14 heavy (non-hydrogen) atoms. The van der Waals surface area contributed by atoms with Gasteiger partial charge in [-0.05, 0) is 26.7 Å². The van der Waals surface area contributed by atoms with Crippen LogP contribution in [0.15, 0.2) is 0 Å². The van der Waals surface area contributed by atoms with Crippen LogP contribution in [0.25, 0.3) is 0 Å². The monoisotopic (exact) mass is 199 g/mol. The van der Waals surface area contributed by atoms with Gasteiger partial charge in [-0.3, -0.25) is 4.90 Å². The van der Waals surface area contributed by atoms with Gasteiger partial charge in [-0.1, -0.05) is 0 Å². The van der Waals surface area contributed by atoms with E-state index in [0.29, 0.717) is 18.2 Å². The van der Waals surface area contributed by atoms with Gasteiger partial charge >= 0.3 is 0 Å². The first kappa shape index (κ1) is 10.4. The summed E-state index contributed by atoms with van der Waals surface area (Å²) < 4.78 is 11.4. The first-order chi connectivity index (χ1) is 6.77. The van der Waals surface area contributed by atoms with Crippen LogP contribution < -0.4 is 0 Å². The minimum absolute atomic E-state index is 0.314. The molecule has 3 heteroatoms. The second-order valence-corrected chi connectivity index (χ2v) is 4.55. The fraction of sp³-hybridized carbons (Fsp3) is 1.00. The van der Waals surface area contributed by atoms with Crippen LogP contribution in [0.1, 0.15) is 26.7 Å². The molecule has 0 amide bonds. The highest BCUT2D eigenvalue weighted by Gasteiger charge is 2.31. The Morgan fingerprint density at radius 3 is 2.57 bits per heavy atom. The fourth-order valence-electron chi connectivity index (χ4n) is 2.29. The van der Waals surface area contributed by atoms with Gasteiger partial charge in [0, 0.05) is 25.7 Å². The van der Waals surface area contributed by atoms with Crippen molar-refractivity contribution in [3.05, 3.63) is 0 Å². The molecule has 0 spiro atoms. The van der Waals surface area contributed by atoms with Gasteiger partial charge in [0.25, 0.3) is 0 Å². The molecule has 0 unspecified atom stereocenters. The maximum atomic E-state index is 5.78. The molecule has 0 aromatic heterocycles. The maximum Gasteiger partial charge on any atom is 0.0963 e. The van der Waals surface area contributed by atoms with Crippen molar-refractivity contribution in [3.63, 3.8) is 0 Å². The lowest BCUT2D eigenvalue weighted by Crippen LogP contribution is -2.49. The summed E-state index contributed by atoms with van der Waals surface area (Å²) in [6.07, 6.45) is 3.05. The predicted octanol–water partition coefficient (Wildman–Crippen LogP) is 1.27. The van der Waals surface area contributed by atoms with Gasteiger partial charge in [-0.25, -0.2) is 0 Å². The zero-order valence-electron chi connectivity index (χ0n) is 9.24. The number of ether oxygens (including phenoxy) is 2. The summed E-state index contributed by atoms with van der Waals surface area (Å²) in [6, 6.07) is 0.628. The van der Waals surface area contributed by atoms with Gasteiger partial charge in [0.05, 0.1) is 18.8 Å². The van der Waals surface area contributed by atoms with Gasteiger partial charge in [-0.15, -0.1) is 0 Å². The lowest BCUT2D eigenvalue weighted by molar-refractivity contribution is -0.0999. The molecule has 2 aliphatic rings. The van der Waals surface area contributed by atoms with E-state index in [-0.39, 0.29) is 0 Å². The lowest BCUT2D eigenvalue weighted by atomic mass is 10.1. The van der Waals surface area contributed by atoms with Crippen molar-refractivity contribution in [1.82, 2.24) is 4.90 Å². The summed E-state index contributed by atoms with van der Waals surface area (Å²) in [4.78, 5) is 2.48. The highest BCUT2D eigenvalue weighted by Crippen LogP contribution is 2.21. The van der Waals surface area contributed by atoms with Gasteiger partial charge in [0.2, 0.25) is 0 Å². The SMILES string of the molecule is CC(C)N1CCO[C@@H]([C@H]2CCCO2)C1. The average molecular weight is 199 g/mol. The zero-order valence-corrected chi connectivity index (χ0v) is 9.24. The minimum Gasteiger partial charge on any atom is -0.375 e. The Morgan fingerprint density at radius 1 is 1.14 bits per heavy atom. The van der Waals surface area contributed by atoms with Crippen molar-refractivity contribution in [2.75, 3.05) is 26.3 Å². The number of rotatable bonds is 2. The lowest BCUT2D eigenvalue weighted by Gasteiger charge is -2.37. The summed E-state index contributed by atoms with van der Waals surface area (Å²) in [6.45, 7) is 8.40. The van der Waals surface area contributed by atoms with E-state index in [0.717, 1.165) is 26.3 Å². The Bertz CT molecular complexity index is 178. The molecule has 0 radical (unpaired) electrons. The van der Waals surface area contributed by atoms with E-state index in [4.69, 9.17) is 9.47 Å². The van der Waals surface area contributed by atoms with Crippen LogP contribution >= 0.6 is 0 Å². The Kier molecular flexibility index (Phi) is 3.42. The van der Waals surface area contributed by atoms with Crippen molar-refractivity contribution in [1.29, 1.82) is 0 Å². The van der Waals surface area contributed by atoms with Crippen LogP contribution in [0, 0.1) is 0 Å². The molecule has 0 saturated carbocycles. The Labute approximate surface area is 86.4 Å². The first-order valence-corrected chi connectivity index (χ1v) is 5.74. The van der Waals surface area contributed by atoms with E-state index in [9.17, 15) is 0 Å². The van der Waals surface area contributed by atoms with Crippen LogP contribution in [0.5, 0.6) is 0 Å². The quantitative estimate of drug-likeness (QED) is 0.668. The number of hydrogen-bond donors (Lipinski definition) is 0. The van der Waals surface area contributed by atoms with Crippen LogP contribution in [0.2, 0.25) is 0 Å². The van der Waals surface area contributed by atoms with Crippen molar-refractivity contribution in [3.8, 4) is 0 Å². The predicted molar refractivity (Wildman–Crippen MR) is 55.4 cm³/mol. The molecule has 2 atom stereocenters. The van der Waals surface area contributed by atoms with Crippen LogP contribution in [0.3, 0.4) is 0 Å².